The quantitative estimate of drug-likeness (QED) is 0.570. The van der Waals surface area contributed by atoms with E-state index in [1.165, 1.54) is 0 Å². The third-order valence-corrected chi connectivity index (χ3v) is 2.19. The van der Waals surface area contributed by atoms with Crippen LogP contribution in [0.15, 0.2) is 0 Å². The molecule has 0 heterocycles. The zero-order valence-corrected chi connectivity index (χ0v) is 8.46. The molecule has 0 saturated heterocycles. The Morgan fingerprint density at radius 3 is 2.08 bits per heavy atom. The van der Waals surface area contributed by atoms with E-state index in [1.54, 1.807) is 13.8 Å². The Bertz CT molecular complexity index is 122. The standard InChI is InChI=1S/C9H21NO2/c1-7(11)5-6-10-9(3,4)8(2)12/h7-8,10-12H,5-6H2,1-4H3. The van der Waals surface area contributed by atoms with Crippen molar-refractivity contribution < 1.29 is 10.2 Å². The molecule has 0 aromatic rings. The van der Waals surface area contributed by atoms with Gasteiger partial charge in [-0.05, 0) is 40.7 Å². The molecule has 3 N–H and O–H groups in total. The highest BCUT2D eigenvalue weighted by Crippen LogP contribution is 2.07. The van der Waals surface area contributed by atoms with Crippen molar-refractivity contribution in [2.24, 2.45) is 0 Å². The molecule has 0 spiro atoms. The van der Waals surface area contributed by atoms with E-state index in [2.05, 4.69) is 5.32 Å². The highest BCUT2D eigenvalue weighted by Gasteiger charge is 2.22. The Kier molecular flexibility index (Phi) is 4.75. The zero-order chi connectivity index (χ0) is 9.78. The minimum Gasteiger partial charge on any atom is -0.393 e. The summed E-state index contributed by atoms with van der Waals surface area (Å²) in [7, 11) is 0. The van der Waals surface area contributed by atoms with Crippen molar-refractivity contribution in [2.45, 2.75) is 51.9 Å². The Hall–Kier alpha value is -0.120. The van der Waals surface area contributed by atoms with E-state index < -0.39 is 0 Å². The normalized spacial score (nSPS) is 17.5. The van der Waals surface area contributed by atoms with Gasteiger partial charge in [-0.2, -0.15) is 0 Å². The van der Waals surface area contributed by atoms with Crippen molar-refractivity contribution in [3.8, 4) is 0 Å². The predicted octanol–water partition coefficient (Wildman–Crippen LogP) is 0.506. The van der Waals surface area contributed by atoms with E-state index in [0.29, 0.717) is 0 Å². The largest absolute Gasteiger partial charge is 0.393 e. The molecule has 3 nitrogen and oxygen atoms in total. The molecule has 0 aliphatic heterocycles. The molecule has 74 valence electrons. The average molecular weight is 175 g/mol. The van der Waals surface area contributed by atoms with Gasteiger partial charge in [-0.25, -0.2) is 0 Å². The molecule has 12 heavy (non-hydrogen) atoms. The van der Waals surface area contributed by atoms with Crippen LogP contribution < -0.4 is 5.32 Å². The monoisotopic (exact) mass is 175 g/mol. The number of aliphatic hydroxyl groups excluding tert-OH is 2. The molecule has 0 rings (SSSR count). The van der Waals surface area contributed by atoms with Crippen LogP contribution in [0.1, 0.15) is 34.1 Å². The lowest BCUT2D eigenvalue weighted by Crippen LogP contribution is -2.48. The molecule has 0 radical (unpaired) electrons. The third-order valence-electron chi connectivity index (χ3n) is 2.19. The van der Waals surface area contributed by atoms with Crippen molar-refractivity contribution in [3.05, 3.63) is 0 Å². The molecule has 0 aromatic heterocycles. The summed E-state index contributed by atoms with van der Waals surface area (Å²) in [5.74, 6) is 0. The summed E-state index contributed by atoms with van der Waals surface area (Å²) in [6.45, 7) is 8.14. The van der Waals surface area contributed by atoms with Crippen LogP contribution in [0, 0.1) is 0 Å². The maximum Gasteiger partial charge on any atom is 0.0688 e. The maximum absolute atomic E-state index is 9.32. The van der Waals surface area contributed by atoms with Crippen LogP contribution >= 0.6 is 0 Å². The fourth-order valence-corrected chi connectivity index (χ4v) is 0.751. The van der Waals surface area contributed by atoms with Crippen molar-refractivity contribution in [2.75, 3.05) is 6.54 Å². The summed E-state index contributed by atoms with van der Waals surface area (Å²) >= 11 is 0. The second-order valence-corrected chi connectivity index (χ2v) is 3.96. The molecule has 0 fully saturated rings. The van der Waals surface area contributed by atoms with Crippen molar-refractivity contribution in [1.29, 1.82) is 0 Å². The van der Waals surface area contributed by atoms with Gasteiger partial charge in [-0.3, -0.25) is 0 Å². The van der Waals surface area contributed by atoms with Gasteiger partial charge in [0.15, 0.2) is 0 Å². The lowest BCUT2D eigenvalue weighted by atomic mass is 9.98. The maximum atomic E-state index is 9.32. The summed E-state index contributed by atoms with van der Waals surface area (Å²) in [6.07, 6.45) is 0.0599. The molecule has 0 aromatic carbocycles. The lowest BCUT2D eigenvalue weighted by molar-refractivity contribution is 0.0921. The molecule has 0 bridgehead atoms. The average Bonchev–Trinajstić information content (AvgIpc) is 1.85. The number of aliphatic hydroxyl groups is 2. The van der Waals surface area contributed by atoms with E-state index in [1.807, 2.05) is 13.8 Å². The number of hydrogen-bond acceptors (Lipinski definition) is 3. The number of rotatable bonds is 5. The predicted molar refractivity (Wildman–Crippen MR) is 50.1 cm³/mol. The Labute approximate surface area is 74.8 Å². The molecular weight excluding hydrogens is 154 g/mol. The molecule has 2 unspecified atom stereocenters. The van der Waals surface area contributed by atoms with Crippen LogP contribution in [0.3, 0.4) is 0 Å². The summed E-state index contributed by atoms with van der Waals surface area (Å²) < 4.78 is 0. The second-order valence-electron chi connectivity index (χ2n) is 3.96. The first-order chi connectivity index (χ1) is 5.36. The van der Waals surface area contributed by atoms with Crippen molar-refractivity contribution in [3.63, 3.8) is 0 Å². The Balaban J connectivity index is 3.61. The molecule has 0 aliphatic rings. The van der Waals surface area contributed by atoms with Crippen LogP contribution in [0.5, 0.6) is 0 Å². The van der Waals surface area contributed by atoms with Crippen molar-refractivity contribution >= 4 is 0 Å². The van der Waals surface area contributed by atoms with E-state index in [-0.39, 0.29) is 17.7 Å². The van der Waals surface area contributed by atoms with E-state index >= 15 is 0 Å². The van der Waals surface area contributed by atoms with E-state index in [9.17, 15) is 5.11 Å². The SMILES string of the molecule is CC(O)CCNC(C)(C)C(C)O. The smallest absolute Gasteiger partial charge is 0.0688 e. The molecule has 0 aliphatic carbocycles. The van der Waals surface area contributed by atoms with Gasteiger partial charge < -0.3 is 15.5 Å². The highest BCUT2D eigenvalue weighted by atomic mass is 16.3. The fourth-order valence-electron chi connectivity index (χ4n) is 0.751. The minimum atomic E-state index is -0.383. The Morgan fingerprint density at radius 2 is 1.75 bits per heavy atom. The minimum absolute atomic E-state index is 0.269. The number of hydrogen-bond donors (Lipinski definition) is 3. The van der Waals surface area contributed by atoms with Gasteiger partial charge in [0, 0.05) is 5.54 Å². The topological polar surface area (TPSA) is 52.5 Å². The first-order valence-electron chi connectivity index (χ1n) is 4.47. The van der Waals surface area contributed by atoms with Crippen LogP contribution in [0.2, 0.25) is 0 Å². The summed E-state index contributed by atoms with van der Waals surface area (Å²) in [6, 6.07) is 0. The van der Waals surface area contributed by atoms with Gasteiger partial charge in [0.2, 0.25) is 0 Å². The van der Waals surface area contributed by atoms with Gasteiger partial charge in [-0.1, -0.05) is 0 Å². The highest BCUT2D eigenvalue weighted by molar-refractivity contribution is 4.82. The number of nitrogens with one attached hydrogen (secondary N) is 1. The van der Waals surface area contributed by atoms with E-state index in [4.69, 9.17) is 5.11 Å². The lowest BCUT2D eigenvalue weighted by Gasteiger charge is -2.29. The first kappa shape index (κ1) is 11.9. The molecule has 0 amide bonds. The van der Waals surface area contributed by atoms with Gasteiger partial charge in [0.1, 0.15) is 0 Å². The van der Waals surface area contributed by atoms with Crippen LogP contribution in [-0.2, 0) is 0 Å². The van der Waals surface area contributed by atoms with Crippen LogP contribution in [0.4, 0.5) is 0 Å². The molecule has 2 atom stereocenters. The third kappa shape index (κ3) is 4.70. The summed E-state index contributed by atoms with van der Waals surface area (Å²) in [5.41, 5.74) is -0.269. The Morgan fingerprint density at radius 1 is 1.25 bits per heavy atom. The molecule has 0 saturated carbocycles. The van der Waals surface area contributed by atoms with Gasteiger partial charge in [-0.15, -0.1) is 0 Å². The van der Waals surface area contributed by atoms with Crippen molar-refractivity contribution in [1.82, 2.24) is 5.32 Å². The van der Waals surface area contributed by atoms with Gasteiger partial charge in [0.05, 0.1) is 12.2 Å². The van der Waals surface area contributed by atoms with Gasteiger partial charge >= 0.3 is 0 Å². The summed E-state index contributed by atoms with van der Waals surface area (Å²) in [5, 5.41) is 21.5. The molecular formula is C9H21NO2. The van der Waals surface area contributed by atoms with Gasteiger partial charge in [0.25, 0.3) is 0 Å². The zero-order valence-electron chi connectivity index (χ0n) is 8.46. The fraction of sp³-hybridized carbons (Fsp3) is 1.00. The molecule has 3 heteroatoms. The van der Waals surface area contributed by atoms with Crippen LogP contribution in [-0.4, -0.2) is 34.5 Å². The van der Waals surface area contributed by atoms with Crippen LogP contribution in [0.25, 0.3) is 0 Å². The second kappa shape index (κ2) is 4.80. The first-order valence-corrected chi connectivity index (χ1v) is 4.47. The van der Waals surface area contributed by atoms with E-state index in [0.717, 1.165) is 13.0 Å². The summed E-state index contributed by atoms with van der Waals surface area (Å²) in [4.78, 5) is 0.